The fourth-order valence-corrected chi connectivity index (χ4v) is 2.50. The van der Waals surface area contributed by atoms with E-state index in [1.54, 1.807) is 0 Å². The van der Waals surface area contributed by atoms with E-state index in [0.717, 1.165) is 19.3 Å². The van der Waals surface area contributed by atoms with Crippen molar-refractivity contribution in [2.24, 2.45) is 17.2 Å². The molecule has 0 bridgehead atoms. The van der Waals surface area contributed by atoms with Crippen molar-refractivity contribution in [1.82, 2.24) is 0 Å². The maximum absolute atomic E-state index is 11.3. The highest BCUT2D eigenvalue weighted by atomic mass is 16.4. The largest absolute Gasteiger partial charge is 0.480 e. The first-order valence-corrected chi connectivity index (χ1v) is 8.35. The monoisotopic (exact) mass is 301 g/mol. The number of hydrogen-bond donors (Lipinski definition) is 4. The second-order valence-electron chi connectivity index (χ2n) is 6.49. The lowest BCUT2D eigenvalue weighted by Gasteiger charge is -2.37. The van der Waals surface area contributed by atoms with Gasteiger partial charge in [-0.1, -0.05) is 71.1 Å². The molecular formula is C16H35N3O2. The molecule has 0 aliphatic heterocycles. The molecule has 0 aliphatic carbocycles. The van der Waals surface area contributed by atoms with Crippen LogP contribution in [0.5, 0.6) is 0 Å². The molecule has 0 rings (SSSR count). The van der Waals surface area contributed by atoms with Crippen molar-refractivity contribution in [3.8, 4) is 0 Å². The minimum Gasteiger partial charge on any atom is -0.480 e. The van der Waals surface area contributed by atoms with Crippen molar-refractivity contribution in [2.75, 3.05) is 0 Å². The topological polar surface area (TPSA) is 115 Å². The third kappa shape index (κ3) is 7.79. The first-order valence-electron chi connectivity index (χ1n) is 8.35. The van der Waals surface area contributed by atoms with Crippen LogP contribution in [0, 0.1) is 0 Å². The lowest BCUT2D eigenvalue weighted by atomic mass is 9.82. The molecule has 1 unspecified atom stereocenters. The molecular weight excluding hydrogens is 266 g/mol. The van der Waals surface area contributed by atoms with E-state index in [9.17, 15) is 9.90 Å². The summed E-state index contributed by atoms with van der Waals surface area (Å²) >= 11 is 0. The van der Waals surface area contributed by atoms with Gasteiger partial charge in [-0.15, -0.1) is 0 Å². The Hall–Kier alpha value is -0.650. The molecule has 0 amide bonds. The molecule has 0 aromatic heterocycles. The van der Waals surface area contributed by atoms with E-state index in [2.05, 4.69) is 6.92 Å². The summed E-state index contributed by atoms with van der Waals surface area (Å²) in [6, 6.07) is 0. The second kappa shape index (κ2) is 10.1. The fraction of sp³-hybridized carbons (Fsp3) is 0.938. The zero-order valence-corrected chi connectivity index (χ0v) is 13.9. The highest BCUT2D eigenvalue weighted by Gasteiger charge is 2.46. The van der Waals surface area contributed by atoms with Gasteiger partial charge in [0.05, 0.1) is 5.66 Å². The number of nitrogens with two attached hydrogens (primary N) is 3. The SMILES string of the molecule is CCCCCCCCCCCCC(N)(C(=O)O)C(C)(N)N. The number of carboxylic acids is 1. The molecule has 7 N–H and O–H groups in total. The van der Waals surface area contributed by atoms with Gasteiger partial charge in [0.15, 0.2) is 0 Å². The summed E-state index contributed by atoms with van der Waals surface area (Å²) in [7, 11) is 0. The van der Waals surface area contributed by atoms with E-state index in [-0.39, 0.29) is 0 Å². The Morgan fingerprint density at radius 3 is 1.57 bits per heavy atom. The van der Waals surface area contributed by atoms with Crippen LogP contribution < -0.4 is 17.2 Å². The molecule has 0 spiro atoms. The lowest BCUT2D eigenvalue weighted by Crippen LogP contribution is -2.73. The minimum atomic E-state index is -1.55. The Balaban J connectivity index is 3.72. The summed E-state index contributed by atoms with van der Waals surface area (Å²) in [5.74, 6) is -1.12. The highest BCUT2D eigenvalue weighted by Crippen LogP contribution is 2.21. The average molecular weight is 301 g/mol. The van der Waals surface area contributed by atoms with Crippen molar-refractivity contribution >= 4 is 5.97 Å². The summed E-state index contributed by atoms with van der Waals surface area (Å²) < 4.78 is 0. The molecule has 126 valence electrons. The molecule has 1 atom stereocenters. The van der Waals surface area contributed by atoms with E-state index in [1.807, 2.05) is 0 Å². The number of aliphatic carboxylic acids is 1. The van der Waals surface area contributed by atoms with Crippen LogP contribution in [0.3, 0.4) is 0 Å². The minimum absolute atomic E-state index is 0.322. The molecule has 0 radical (unpaired) electrons. The third-order valence-electron chi connectivity index (χ3n) is 4.27. The highest BCUT2D eigenvalue weighted by molar-refractivity contribution is 5.80. The van der Waals surface area contributed by atoms with E-state index in [0.29, 0.717) is 6.42 Å². The van der Waals surface area contributed by atoms with Crippen LogP contribution in [0.15, 0.2) is 0 Å². The zero-order valence-electron chi connectivity index (χ0n) is 13.9. The number of rotatable bonds is 13. The van der Waals surface area contributed by atoms with E-state index in [1.165, 1.54) is 51.9 Å². The van der Waals surface area contributed by atoms with E-state index < -0.39 is 17.2 Å². The smallest absolute Gasteiger partial charge is 0.327 e. The number of carboxylic acid groups (broad SMARTS) is 1. The molecule has 5 nitrogen and oxygen atoms in total. The predicted octanol–water partition coefficient (Wildman–Crippen LogP) is 2.71. The van der Waals surface area contributed by atoms with Crippen LogP contribution >= 0.6 is 0 Å². The Labute approximate surface area is 129 Å². The summed E-state index contributed by atoms with van der Waals surface area (Å²) in [5, 5.41) is 9.23. The van der Waals surface area contributed by atoms with Gasteiger partial charge in [-0.25, -0.2) is 0 Å². The van der Waals surface area contributed by atoms with Gasteiger partial charge in [0.25, 0.3) is 0 Å². The standard InChI is InChI=1S/C16H35N3O2/c1-3-4-5-6-7-8-9-10-11-12-13-16(19,14(20)21)15(2,17)18/h3-13,17-19H2,1-2H3,(H,20,21). The van der Waals surface area contributed by atoms with Crippen molar-refractivity contribution in [1.29, 1.82) is 0 Å². The fourth-order valence-electron chi connectivity index (χ4n) is 2.50. The molecule has 0 saturated heterocycles. The van der Waals surface area contributed by atoms with Crippen LogP contribution in [-0.4, -0.2) is 22.3 Å². The van der Waals surface area contributed by atoms with Gasteiger partial charge in [0.2, 0.25) is 0 Å². The van der Waals surface area contributed by atoms with Crippen LogP contribution in [0.25, 0.3) is 0 Å². The van der Waals surface area contributed by atoms with Crippen molar-refractivity contribution in [3.63, 3.8) is 0 Å². The lowest BCUT2D eigenvalue weighted by molar-refractivity contribution is -0.146. The van der Waals surface area contributed by atoms with Gasteiger partial charge in [-0.05, 0) is 13.3 Å². The van der Waals surface area contributed by atoms with Crippen LogP contribution in [-0.2, 0) is 4.79 Å². The molecule has 0 heterocycles. The first-order chi connectivity index (χ1) is 9.75. The molecule has 5 heteroatoms. The predicted molar refractivity (Wildman–Crippen MR) is 87.8 cm³/mol. The van der Waals surface area contributed by atoms with Gasteiger partial charge in [0, 0.05) is 0 Å². The summed E-state index contributed by atoms with van der Waals surface area (Å²) in [6.07, 6.45) is 12.3. The number of unbranched alkanes of at least 4 members (excludes halogenated alkanes) is 9. The molecule has 21 heavy (non-hydrogen) atoms. The number of carbonyl (C=O) groups is 1. The van der Waals surface area contributed by atoms with Crippen molar-refractivity contribution in [3.05, 3.63) is 0 Å². The summed E-state index contributed by atoms with van der Waals surface area (Å²) in [4.78, 5) is 11.3. The van der Waals surface area contributed by atoms with Crippen LogP contribution in [0.1, 0.15) is 84.5 Å². The average Bonchev–Trinajstić information content (AvgIpc) is 2.39. The quantitative estimate of drug-likeness (QED) is 0.308. The maximum atomic E-state index is 11.3. The molecule has 0 aliphatic rings. The van der Waals surface area contributed by atoms with Gasteiger partial charge >= 0.3 is 5.97 Å². The molecule has 0 saturated carbocycles. The van der Waals surface area contributed by atoms with Gasteiger partial charge in [0.1, 0.15) is 5.54 Å². The van der Waals surface area contributed by atoms with Gasteiger partial charge < -0.3 is 22.3 Å². The number of hydrogen-bond acceptors (Lipinski definition) is 4. The van der Waals surface area contributed by atoms with Crippen LogP contribution in [0.2, 0.25) is 0 Å². The van der Waals surface area contributed by atoms with Crippen LogP contribution in [0.4, 0.5) is 0 Å². The van der Waals surface area contributed by atoms with Gasteiger partial charge in [-0.2, -0.15) is 0 Å². The maximum Gasteiger partial charge on any atom is 0.327 e. The Kier molecular flexibility index (Phi) is 9.83. The Bertz CT molecular complexity index is 290. The molecule has 0 aromatic rings. The van der Waals surface area contributed by atoms with E-state index in [4.69, 9.17) is 17.2 Å². The normalized spacial score (nSPS) is 14.9. The van der Waals surface area contributed by atoms with Crippen molar-refractivity contribution in [2.45, 2.75) is 95.7 Å². The summed E-state index contributed by atoms with van der Waals surface area (Å²) in [6.45, 7) is 3.69. The molecule has 0 aromatic carbocycles. The van der Waals surface area contributed by atoms with E-state index >= 15 is 0 Å². The molecule has 0 fully saturated rings. The van der Waals surface area contributed by atoms with Gasteiger partial charge in [-0.3, -0.25) is 4.79 Å². The zero-order chi connectivity index (χ0) is 16.4. The summed E-state index contributed by atoms with van der Waals surface area (Å²) in [5.41, 5.74) is 14.3. The Morgan fingerprint density at radius 1 is 0.857 bits per heavy atom. The second-order valence-corrected chi connectivity index (χ2v) is 6.49. The Morgan fingerprint density at radius 2 is 1.24 bits per heavy atom. The van der Waals surface area contributed by atoms with Crippen molar-refractivity contribution < 1.29 is 9.90 Å². The first kappa shape index (κ1) is 20.3. The third-order valence-corrected chi connectivity index (χ3v) is 4.27.